The number of fused-ring (bicyclic) bond motifs is 1. The van der Waals surface area contributed by atoms with Gasteiger partial charge in [0.25, 0.3) is 0 Å². The van der Waals surface area contributed by atoms with E-state index in [1.807, 2.05) is 0 Å². The number of nitrogens with zero attached hydrogens (tertiary/aromatic N) is 1. The van der Waals surface area contributed by atoms with Crippen LogP contribution in [0.2, 0.25) is 0 Å². The topological polar surface area (TPSA) is 129 Å². The van der Waals surface area contributed by atoms with E-state index < -0.39 is 29.1 Å². The van der Waals surface area contributed by atoms with Crippen LogP contribution >= 0.6 is 11.3 Å². The number of nitrogens with one attached hydrogen (secondary N) is 1. The van der Waals surface area contributed by atoms with Crippen LogP contribution in [0.25, 0.3) is 0 Å². The van der Waals surface area contributed by atoms with Gasteiger partial charge in [-0.2, -0.15) is 5.26 Å². The second-order valence-electron chi connectivity index (χ2n) is 7.59. The average molecular weight is 517 g/mol. The molecular weight excluding hydrogens is 491 g/mol. The molecule has 36 heavy (non-hydrogen) atoms. The maximum absolute atomic E-state index is 13.3. The first-order valence-corrected chi connectivity index (χ1v) is 12.1. The first-order chi connectivity index (χ1) is 16.9. The Bertz CT molecular complexity index is 1230. The third kappa shape index (κ3) is 6.86. The predicted octanol–water partition coefficient (Wildman–Crippen LogP) is 0.687. The number of ketones is 1. The Hall–Kier alpha value is -2.90. The van der Waals surface area contributed by atoms with E-state index in [2.05, 4.69) is 5.32 Å². The van der Waals surface area contributed by atoms with Crippen molar-refractivity contribution < 1.29 is 58.5 Å². The van der Waals surface area contributed by atoms with Crippen molar-refractivity contribution in [3.05, 3.63) is 75.0 Å². The fourth-order valence-corrected chi connectivity index (χ4v) is 4.99. The van der Waals surface area contributed by atoms with E-state index in [-0.39, 0.29) is 48.5 Å². The van der Waals surface area contributed by atoms with Crippen LogP contribution < -0.4 is 40.0 Å². The van der Waals surface area contributed by atoms with Crippen molar-refractivity contribution in [1.29, 1.82) is 5.26 Å². The normalized spacial score (nSPS) is 13.3. The number of rotatable bonds is 9. The summed E-state index contributed by atoms with van der Waals surface area (Å²) < 4.78 is 10.1. The molecule has 3 rings (SSSR count). The number of hydrogen-bond acceptors (Lipinski definition) is 9. The number of carbonyl (C=O) groups excluding carboxylic acids is 3. The first kappa shape index (κ1) is 29.3. The summed E-state index contributed by atoms with van der Waals surface area (Å²) in [5, 5.41) is 26.0. The zero-order valence-corrected chi connectivity index (χ0v) is 23.3. The molecule has 0 aliphatic heterocycles. The molecule has 1 aromatic carbocycles. The van der Waals surface area contributed by atoms with Gasteiger partial charge in [0.1, 0.15) is 16.6 Å². The predicted molar refractivity (Wildman–Crippen MR) is 129 cm³/mol. The quantitative estimate of drug-likeness (QED) is 0.0981. The molecule has 0 fully saturated rings. The van der Waals surface area contributed by atoms with Crippen LogP contribution in [0.3, 0.4) is 0 Å². The maximum atomic E-state index is 13.3. The Balaban J connectivity index is 0.00000456. The molecule has 182 valence electrons. The van der Waals surface area contributed by atoms with Crippen LogP contribution in [0.1, 0.15) is 57.8 Å². The molecule has 8 nitrogen and oxygen atoms in total. The number of thiophene rings is 1. The van der Waals surface area contributed by atoms with Crippen molar-refractivity contribution in [2.24, 2.45) is 0 Å². The molecule has 0 spiro atoms. The van der Waals surface area contributed by atoms with Crippen LogP contribution in [0.4, 0.5) is 5.00 Å². The monoisotopic (exact) mass is 516 g/mol. The molecule has 1 N–H and O–H groups in total. The third-order valence-electron chi connectivity index (χ3n) is 5.30. The zero-order valence-electron chi connectivity index (χ0n) is 20.5. The van der Waals surface area contributed by atoms with Gasteiger partial charge >= 0.3 is 41.5 Å². The van der Waals surface area contributed by atoms with Gasteiger partial charge in [-0.25, -0.2) is 9.59 Å². The second-order valence-corrected chi connectivity index (χ2v) is 8.69. The number of ether oxygens (including phenoxy) is 2. The molecule has 0 unspecified atom stereocenters. The second kappa shape index (κ2) is 14.0. The molecule has 1 aromatic heterocycles. The number of anilines is 1. The molecule has 0 atom stereocenters. The van der Waals surface area contributed by atoms with E-state index in [4.69, 9.17) is 9.47 Å². The largest absolute Gasteiger partial charge is 1.00 e. The molecule has 1 heterocycles. The Morgan fingerprint density at radius 1 is 1.11 bits per heavy atom. The smallest absolute Gasteiger partial charge is 0.870 e. The van der Waals surface area contributed by atoms with E-state index in [1.54, 1.807) is 50.2 Å². The standard InChI is InChI=1S/C26H26N2O6S.Na/c1-3-33-25(31)18(15-27)23(30)19(14-20(29)16-10-6-5-7-11-16)28-24-22(26(32)34-4-2)17-12-8-9-13-21(17)35-24;/h5-7,10-11,14,28,30H,3-4,8-9,12-13H2,1-2H3;/q;+1/p-1. The van der Waals surface area contributed by atoms with Crippen molar-refractivity contribution in [3.63, 3.8) is 0 Å². The molecule has 0 saturated carbocycles. The van der Waals surface area contributed by atoms with Crippen molar-refractivity contribution in [3.8, 4) is 6.07 Å². The van der Waals surface area contributed by atoms with Crippen molar-refractivity contribution >= 4 is 34.1 Å². The molecule has 10 heteroatoms. The molecule has 0 radical (unpaired) electrons. The zero-order chi connectivity index (χ0) is 25.4. The van der Waals surface area contributed by atoms with Crippen LogP contribution in [-0.4, -0.2) is 30.9 Å². The molecule has 0 bridgehead atoms. The fourth-order valence-electron chi connectivity index (χ4n) is 3.70. The summed E-state index contributed by atoms with van der Waals surface area (Å²) in [5.41, 5.74) is 0.397. The fraction of sp³-hybridized carbons (Fsp3) is 0.308. The van der Waals surface area contributed by atoms with Gasteiger partial charge in [0.05, 0.1) is 18.8 Å². The molecule has 2 aromatic rings. The Labute approximate surface area is 235 Å². The van der Waals surface area contributed by atoms with E-state index in [0.717, 1.165) is 35.8 Å². The van der Waals surface area contributed by atoms with Crippen molar-refractivity contribution in [1.82, 2.24) is 0 Å². The van der Waals surface area contributed by atoms with Crippen LogP contribution in [0.15, 0.2) is 53.4 Å². The minimum Gasteiger partial charge on any atom is -0.870 e. The third-order valence-corrected chi connectivity index (χ3v) is 6.50. The van der Waals surface area contributed by atoms with Crippen LogP contribution in [0.5, 0.6) is 0 Å². The number of allylic oxidation sites excluding steroid dienone is 1. The Kier molecular flexibility index (Phi) is 11.4. The van der Waals surface area contributed by atoms with E-state index >= 15 is 0 Å². The number of benzene rings is 1. The van der Waals surface area contributed by atoms with Gasteiger partial charge in [-0.15, -0.1) is 11.3 Å². The van der Waals surface area contributed by atoms with E-state index in [0.29, 0.717) is 22.5 Å². The number of esters is 2. The van der Waals surface area contributed by atoms with Gasteiger partial charge in [-0.1, -0.05) is 36.1 Å². The summed E-state index contributed by atoms with van der Waals surface area (Å²) >= 11 is 1.30. The van der Waals surface area contributed by atoms with Gasteiger partial charge in [0.2, 0.25) is 0 Å². The summed E-state index contributed by atoms with van der Waals surface area (Å²) in [5.74, 6) is -3.14. The molecule has 0 saturated heterocycles. The van der Waals surface area contributed by atoms with Gasteiger partial charge in [0, 0.05) is 22.2 Å². The summed E-state index contributed by atoms with van der Waals surface area (Å²) in [7, 11) is 0. The number of hydrogen-bond donors (Lipinski definition) is 1. The van der Waals surface area contributed by atoms with E-state index in [1.165, 1.54) is 11.3 Å². The van der Waals surface area contributed by atoms with E-state index in [9.17, 15) is 24.8 Å². The van der Waals surface area contributed by atoms with Crippen LogP contribution in [0, 0.1) is 11.3 Å². The van der Waals surface area contributed by atoms with Gasteiger partial charge in [-0.05, 0) is 45.1 Å². The van der Waals surface area contributed by atoms with Gasteiger partial charge in [0.15, 0.2) is 5.78 Å². The Morgan fingerprint density at radius 3 is 2.42 bits per heavy atom. The summed E-state index contributed by atoms with van der Waals surface area (Å²) in [6.07, 6.45) is 4.39. The molecule has 1 aliphatic rings. The Morgan fingerprint density at radius 2 is 1.78 bits per heavy atom. The van der Waals surface area contributed by atoms with Crippen molar-refractivity contribution in [2.45, 2.75) is 39.5 Å². The minimum absolute atomic E-state index is 0. The minimum atomic E-state index is -1.09. The molecule has 0 amide bonds. The molecule has 1 aliphatic carbocycles. The maximum Gasteiger partial charge on any atom is 1.00 e. The van der Waals surface area contributed by atoms with Crippen molar-refractivity contribution in [2.75, 3.05) is 18.5 Å². The number of carbonyl (C=O) groups is 3. The SMILES string of the molecule is CCOC(=O)C(C#N)=C([O-])C(=CC(=O)c1ccccc1)Nc1sc2c(c1C(=O)OCC)CCCC2.[Na+]. The number of nitriles is 1. The average Bonchev–Trinajstić information content (AvgIpc) is 3.22. The summed E-state index contributed by atoms with van der Waals surface area (Å²) in [6, 6.07) is 9.83. The van der Waals surface area contributed by atoms with Gasteiger partial charge < -0.3 is 19.9 Å². The number of aryl methyl sites for hydroxylation is 1. The van der Waals surface area contributed by atoms with Crippen LogP contribution in [-0.2, 0) is 27.1 Å². The summed E-state index contributed by atoms with van der Waals surface area (Å²) in [6.45, 7) is 3.39. The molecular formula is C26H25N2NaO6S. The van der Waals surface area contributed by atoms with Gasteiger partial charge in [-0.3, -0.25) is 4.79 Å². The summed E-state index contributed by atoms with van der Waals surface area (Å²) in [4.78, 5) is 39.0. The first-order valence-electron chi connectivity index (χ1n) is 11.3.